The molecule has 0 aromatic heterocycles. The Labute approximate surface area is 228 Å². The van der Waals surface area contributed by atoms with Gasteiger partial charge in [-0.05, 0) is 93.2 Å². The Bertz CT molecular complexity index is 1120. The largest absolute Gasteiger partial charge is 0.507 e. The maximum absolute atomic E-state index is 13.7. The molecule has 2 amide bonds. The summed E-state index contributed by atoms with van der Waals surface area (Å²) in [5.41, 5.74) is 7.04. The fourth-order valence-corrected chi connectivity index (χ4v) is 7.75. The maximum atomic E-state index is 13.7. The Morgan fingerprint density at radius 2 is 1.74 bits per heavy atom. The fourth-order valence-electron chi connectivity index (χ4n) is 7.75. The molecule has 0 bridgehead atoms. The number of hydrogen-bond acceptors (Lipinski definition) is 4. The van der Waals surface area contributed by atoms with Crippen LogP contribution in [-0.4, -0.2) is 40.6 Å². The van der Waals surface area contributed by atoms with E-state index in [2.05, 4.69) is 32.1 Å². The maximum Gasteiger partial charge on any atom is 0.234 e. The van der Waals surface area contributed by atoms with Crippen LogP contribution in [0.3, 0.4) is 0 Å². The molecule has 0 spiro atoms. The third kappa shape index (κ3) is 4.99. The molecule has 1 aromatic carbocycles. The summed E-state index contributed by atoms with van der Waals surface area (Å²) in [6, 6.07) is 4.22. The molecule has 4 aliphatic rings. The standard InChI is InChI=1S/C33H45NO4/c1-5-10-22(17-23-15-20(3)31(35)21(4)16-23)13-14-28-29-24(6-2)18-26-30(27(29)19-38-28)33(37)34(32(26)36)25-11-8-7-9-12-25/h15-17,25-28,30,35H,5-14,18-19H2,1-4H3/b22-17+/t26-,27+,28-,30-/m1/s1. The molecule has 2 aliphatic heterocycles. The van der Waals surface area contributed by atoms with Gasteiger partial charge in [0.1, 0.15) is 5.75 Å². The van der Waals surface area contributed by atoms with Gasteiger partial charge >= 0.3 is 0 Å². The van der Waals surface area contributed by atoms with E-state index in [-0.39, 0.29) is 41.7 Å². The molecule has 3 fully saturated rings. The van der Waals surface area contributed by atoms with Gasteiger partial charge in [0.15, 0.2) is 0 Å². The Morgan fingerprint density at radius 3 is 2.39 bits per heavy atom. The van der Waals surface area contributed by atoms with Crippen molar-refractivity contribution in [2.45, 2.75) is 110 Å². The molecule has 1 aromatic rings. The van der Waals surface area contributed by atoms with Crippen molar-refractivity contribution in [1.82, 2.24) is 4.90 Å². The van der Waals surface area contributed by atoms with Crippen LogP contribution < -0.4 is 0 Å². The lowest BCUT2D eigenvalue weighted by molar-refractivity contribution is -0.143. The SMILES string of the molecule is CCC/C(=C\c1cc(C)c(O)c(C)c1)CC[C@H]1OC[C@H]2C1=C(CC)C[C@H]1C(=O)N(C3CCCCC3)C(=O)[C@H]12. The fraction of sp³-hybridized carbons (Fsp3) is 0.636. The number of benzene rings is 1. The Balaban J connectivity index is 1.34. The van der Waals surface area contributed by atoms with Crippen LogP contribution in [0.2, 0.25) is 0 Å². The number of amides is 2. The minimum Gasteiger partial charge on any atom is -0.507 e. The monoisotopic (exact) mass is 519 g/mol. The lowest BCUT2D eigenvalue weighted by atomic mass is 9.69. The first kappa shape index (κ1) is 27.2. The van der Waals surface area contributed by atoms with E-state index in [1.54, 1.807) is 4.90 Å². The number of likely N-dealkylation sites (tertiary alicyclic amines) is 1. The highest BCUT2D eigenvalue weighted by Crippen LogP contribution is 2.51. The summed E-state index contributed by atoms with van der Waals surface area (Å²) in [5.74, 6) is 0.188. The second-order valence-corrected chi connectivity index (χ2v) is 12.1. The number of ether oxygens (including phenoxy) is 1. The molecule has 38 heavy (non-hydrogen) atoms. The second-order valence-electron chi connectivity index (χ2n) is 12.1. The van der Waals surface area contributed by atoms with Crippen LogP contribution in [0.4, 0.5) is 0 Å². The zero-order chi connectivity index (χ0) is 27.0. The Hall–Kier alpha value is -2.40. The van der Waals surface area contributed by atoms with Crippen molar-refractivity contribution in [2.75, 3.05) is 6.61 Å². The topological polar surface area (TPSA) is 66.8 Å². The lowest BCUT2D eigenvalue weighted by Crippen LogP contribution is -2.42. The molecular formula is C33H45NO4. The van der Waals surface area contributed by atoms with Crippen molar-refractivity contribution in [3.8, 4) is 5.75 Å². The summed E-state index contributed by atoms with van der Waals surface area (Å²) < 4.78 is 6.44. The number of phenols is 1. The number of allylic oxidation sites excluding steroid dienone is 2. The predicted molar refractivity (Wildman–Crippen MR) is 151 cm³/mol. The van der Waals surface area contributed by atoms with Crippen molar-refractivity contribution < 1.29 is 19.4 Å². The van der Waals surface area contributed by atoms with E-state index < -0.39 is 0 Å². The molecule has 4 atom stereocenters. The first-order chi connectivity index (χ1) is 18.3. The molecule has 1 N–H and O–H groups in total. The van der Waals surface area contributed by atoms with Gasteiger partial charge in [-0.25, -0.2) is 0 Å². The van der Waals surface area contributed by atoms with Gasteiger partial charge in [0, 0.05) is 12.0 Å². The summed E-state index contributed by atoms with van der Waals surface area (Å²) in [5, 5.41) is 10.2. The number of imide groups is 1. The van der Waals surface area contributed by atoms with Gasteiger partial charge in [-0.15, -0.1) is 0 Å². The number of rotatable bonds is 8. The third-order valence-electron chi connectivity index (χ3n) is 9.59. The molecule has 2 heterocycles. The first-order valence-electron chi connectivity index (χ1n) is 15.0. The van der Waals surface area contributed by atoms with Crippen LogP contribution in [0, 0.1) is 31.6 Å². The van der Waals surface area contributed by atoms with Gasteiger partial charge in [0.25, 0.3) is 0 Å². The quantitative estimate of drug-likeness (QED) is 0.296. The number of carbonyl (C=O) groups excluding carboxylic acids is 2. The highest BCUT2D eigenvalue weighted by Gasteiger charge is 2.57. The molecule has 0 unspecified atom stereocenters. The normalized spacial score (nSPS) is 28.3. The lowest BCUT2D eigenvalue weighted by Gasteiger charge is -2.31. The highest BCUT2D eigenvalue weighted by molar-refractivity contribution is 6.06. The minimum absolute atomic E-state index is 0.0334. The number of fused-ring (bicyclic) bond motifs is 3. The van der Waals surface area contributed by atoms with Crippen LogP contribution in [0.5, 0.6) is 5.75 Å². The molecule has 0 radical (unpaired) electrons. The second kappa shape index (κ2) is 11.4. The van der Waals surface area contributed by atoms with Crippen LogP contribution >= 0.6 is 0 Å². The number of aryl methyl sites for hydroxylation is 2. The van der Waals surface area contributed by atoms with Gasteiger partial charge in [-0.2, -0.15) is 0 Å². The van der Waals surface area contributed by atoms with Crippen molar-refractivity contribution in [1.29, 1.82) is 0 Å². The average Bonchev–Trinajstić information content (AvgIpc) is 3.44. The van der Waals surface area contributed by atoms with Gasteiger partial charge in [-0.3, -0.25) is 14.5 Å². The van der Waals surface area contributed by atoms with E-state index in [0.717, 1.165) is 80.9 Å². The van der Waals surface area contributed by atoms with Crippen molar-refractivity contribution in [2.24, 2.45) is 17.8 Å². The van der Waals surface area contributed by atoms with Crippen LogP contribution in [0.25, 0.3) is 6.08 Å². The molecular weight excluding hydrogens is 474 g/mol. The predicted octanol–water partition coefficient (Wildman–Crippen LogP) is 7.03. The van der Waals surface area contributed by atoms with Crippen molar-refractivity contribution in [3.63, 3.8) is 0 Å². The van der Waals surface area contributed by atoms with Gasteiger partial charge in [-0.1, -0.05) is 56.8 Å². The van der Waals surface area contributed by atoms with Gasteiger partial charge in [0.2, 0.25) is 11.8 Å². The van der Waals surface area contributed by atoms with E-state index in [9.17, 15) is 14.7 Å². The Morgan fingerprint density at radius 1 is 1.03 bits per heavy atom. The number of phenolic OH excluding ortho intramolecular Hbond substituents is 1. The number of nitrogens with zero attached hydrogens (tertiary/aromatic N) is 1. The Kier molecular flexibility index (Phi) is 8.14. The zero-order valence-electron chi connectivity index (χ0n) is 23.7. The summed E-state index contributed by atoms with van der Waals surface area (Å²) in [6.07, 6.45) is 13.3. The average molecular weight is 520 g/mol. The molecule has 5 rings (SSSR count). The van der Waals surface area contributed by atoms with Crippen LogP contribution in [-0.2, 0) is 14.3 Å². The number of hydrogen-bond donors (Lipinski definition) is 1. The smallest absolute Gasteiger partial charge is 0.234 e. The van der Waals surface area contributed by atoms with E-state index in [1.807, 2.05) is 13.8 Å². The summed E-state index contributed by atoms with van der Waals surface area (Å²) in [7, 11) is 0. The van der Waals surface area contributed by atoms with E-state index in [4.69, 9.17) is 4.74 Å². The van der Waals surface area contributed by atoms with Crippen LogP contribution in [0.1, 0.15) is 101 Å². The summed E-state index contributed by atoms with van der Waals surface area (Å²) >= 11 is 0. The molecule has 2 saturated heterocycles. The highest BCUT2D eigenvalue weighted by atomic mass is 16.5. The number of carbonyl (C=O) groups is 2. The van der Waals surface area contributed by atoms with Crippen molar-refractivity contribution >= 4 is 17.9 Å². The minimum atomic E-state index is -0.228. The third-order valence-corrected chi connectivity index (χ3v) is 9.59. The van der Waals surface area contributed by atoms with E-state index >= 15 is 0 Å². The molecule has 2 aliphatic carbocycles. The molecule has 1 saturated carbocycles. The van der Waals surface area contributed by atoms with Gasteiger partial charge < -0.3 is 9.84 Å². The van der Waals surface area contributed by atoms with E-state index in [1.165, 1.54) is 23.1 Å². The summed E-state index contributed by atoms with van der Waals surface area (Å²) in [4.78, 5) is 29.0. The number of aromatic hydroxyl groups is 1. The molecule has 5 heteroatoms. The van der Waals surface area contributed by atoms with Crippen molar-refractivity contribution in [3.05, 3.63) is 45.5 Å². The zero-order valence-corrected chi connectivity index (χ0v) is 23.7. The summed E-state index contributed by atoms with van der Waals surface area (Å²) in [6.45, 7) is 8.86. The first-order valence-corrected chi connectivity index (χ1v) is 15.0. The van der Waals surface area contributed by atoms with Gasteiger partial charge in [0.05, 0.1) is 24.5 Å². The molecule has 5 nitrogen and oxygen atoms in total. The van der Waals surface area contributed by atoms with E-state index in [0.29, 0.717) is 12.4 Å². The van der Waals surface area contributed by atoms with Crippen LogP contribution in [0.15, 0.2) is 28.9 Å². The molecule has 206 valence electrons.